The zero-order valence-corrected chi connectivity index (χ0v) is 16.2. The van der Waals surface area contributed by atoms with Crippen LogP contribution in [-0.4, -0.2) is 28.3 Å². The van der Waals surface area contributed by atoms with Gasteiger partial charge < -0.3 is 15.2 Å². The zero-order chi connectivity index (χ0) is 20.9. The Kier molecular flexibility index (Phi) is 4.50. The van der Waals surface area contributed by atoms with Gasteiger partial charge >= 0.3 is 0 Å². The summed E-state index contributed by atoms with van der Waals surface area (Å²) in [7, 11) is 0. The minimum atomic E-state index is -0.965. The van der Waals surface area contributed by atoms with Crippen molar-refractivity contribution < 1.29 is 18.6 Å². The topological polar surface area (TPSA) is 79.3 Å². The van der Waals surface area contributed by atoms with E-state index < -0.39 is 17.9 Å². The van der Waals surface area contributed by atoms with Gasteiger partial charge in [0.25, 0.3) is 0 Å². The molecule has 3 N–H and O–H groups in total. The molecule has 0 saturated carbocycles. The third-order valence-electron chi connectivity index (χ3n) is 5.63. The standard InChI is InChI=1S/C22H20F2N4O2/c1-22(10-30-11-22)12-5-7-13(8-6-12)26-20-18-16(9-25-21(18)29)27-19(28-20)17-14(23)3-2-4-15(17)24/h2-8,21,25,29H,9-11H2,1H3,(H,26,27,28). The first-order valence-corrected chi connectivity index (χ1v) is 9.66. The van der Waals surface area contributed by atoms with Crippen molar-refractivity contribution in [3.8, 4) is 11.4 Å². The molecule has 8 heteroatoms. The van der Waals surface area contributed by atoms with Gasteiger partial charge in [-0.1, -0.05) is 25.1 Å². The van der Waals surface area contributed by atoms with Gasteiger partial charge in [0, 0.05) is 17.6 Å². The number of aliphatic hydroxyl groups excluding tert-OH is 1. The fourth-order valence-electron chi connectivity index (χ4n) is 3.82. The molecule has 2 aliphatic heterocycles. The van der Waals surface area contributed by atoms with Gasteiger partial charge in [0.1, 0.15) is 23.7 Å². The molecule has 0 aliphatic carbocycles. The first-order chi connectivity index (χ1) is 14.4. The molecule has 1 fully saturated rings. The number of hydrogen-bond donors (Lipinski definition) is 3. The summed E-state index contributed by atoms with van der Waals surface area (Å²) >= 11 is 0. The summed E-state index contributed by atoms with van der Waals surface area (Å²) in [5, 5.41) is 16.4. The first-order valence-electron chi connectivity index (χ1n) is 9.66. The molecule has 1 atom stereocenters. The number of ether oxygens (including phenoxy) is 1. The maximum atomic E-state index is 14.3. The van der Waals surface area contributed by atoms with Crippen molar-refractivity contribution in [2.24, 2.45) is 0 Å². The summed E-state index contributed by atoms with van der Waals surface area (Å²) in [5.74, 6) is -1.25. The normalized spacial score (nSPS) is 19.3. The van der Waals surface area contributed by atoms with Crippen molar-refractivity contribution in [2.45, 2.75) is 25.1 Å². The van der Waals surface area contributed by atoms with Gasteiger partial charge in [-0.15, -0.1) is 0 Å². The third-order valence-corrected chi connectivity index (χ3v) is 5.63. The molecule has 2 aliphatic rings. The van der Waals surface area contributed by atoms with Crippen LogP contribution in [-0.2, 0) is 16.7 Å². The van der Waals surface area contributed by atoms with Crippen LogP contribution in [0.15, 0.2) is 42.5 Å². The number of halogens is 2. The molecule has 1 unspecified atom stereocenters. The fourth-order valence-corrected chi connectivity index (χ4v) is 3.82. The summed E-state index contributed by atoms with van der Waals surface area (Å²) in [6, 6.07) is 11.5. The smallest absolute Gasteiger partial charge is 0.167 e. The maximum Gasteiger partial charge on any atom is 0.167 e. The number of nitrogens with one attached hydrogen (secondary N) is 2. The van der Waals surface area contributed by atoms with E-state index in [1.807, 2.05) is 24.3 Å². The fraction of sp³-hybridized carbons (Fsp3) is 0.273. The second-order valence-corrected chi connectivity index (χ2v) is 7.89. The van der Waals surface area contributed by atoms with E-state index in [9.17, 15) is 13.9 Å². The highest BCUT2D eigenvalue weighted by atomic mass is 19.1. The third kappa shape index (κ3) is 3.13. The van der Waals surface area contributed by atoms with Gasteiger partial charge in [-0.2, -0.15) is 0 Å². The Balaban J connectivity index is 1.54. The summed E-state index contributed by atoms with van der Waals surface area (Å²) in [4.78, 5) is 8.65. The Bertz CT molecular complexity index is 1100. The lowest BCUT2D eigenvalue weighted by Crippen LogP contribution is -2.43. The number of hydrogen-bond acceptors (Lipinski definition) is 6. The summed E-state index contributed by atoms with van der Waals surface area (Å²) in [6.45, 7) is 3.80. The van der Waals surface area contributed by atoms with Gasteiger partial charge in [-0.25, -0.2) is 18.7 Å². The van der Waals surface area contributed by atoms with E-state index in [2.05, 4.69) is 27.5 Å². The molecular formula is C22H20F2N4O2. The van der Waals surface area contributed by atoms with Crippen molar-refractivity contribution in [2.75, 3.05) is 18.5 Å². The van der Waals surface area contributed by atoms with Gasteiger partial charge in [-0.3, -0.25) is 5.32 Å². The Labute approximate surface area is 172 Å². The zero-order valence-electron chi connectivity index (χ0n) is 16.2. The first kappa shape index (κ1) is 19.0. The monoisotopic (exact) mass is 410 g/mol. The van der Waals surface area contributed by atoms with Crippen LogP contribution in [0, 0.1) is 11.6 Å². The number of benzene rings is 2. The Hall–Kier alpha value is -2.94. The minimum absolute atomic E-state index is 0.0182. The molecule has 0 bridgehead atoms. The van der Waals surface area contributed by atoms with Crippen LogP contribution in [0.5, 0.6) is 0 Å². The van der Waals surface area contributed by atoms with Crippen LogP contribution in [0.3, 0.4) is 0 Å². The van der Waals surface area contributed by atoms with Crippen LogP contribution >= 0.6 is 0 Å². The second kappa shape index (κ2) is 7.09. The molecule has 30 heavy (non-hydrogen) atoms. The van der Waals surface area contributed by atoms with Crippen molar-refractivity contribution in [1.82, 2.24) is 15.3 Å². The predicted molar refractivity (Wildman–Crippen MR) is 107 cm³/mol. The molecular weight excluding hydrogens is 390 g/mol. The molecule has 0 radical (unpaired) electrons. The van der Waals surface area contributed by atoms with Crippen LogP contribution in [0.25, 0.3) is 11.4 Å². The summed E-state index contributed by atoms with van der Waals surface area (Å²) in [6.07, 6.45) is -0.965. The van der Waals surface area contributed by atoms with Gasteiger partial charge in [0.15, 0.2) is 5.82 Å². The molecule has 3 aromatic rings. The Morgan fingerprint density at radius 2 is 1.80 bits per heavy atom. The summed E-state index contributed by atoms with van der Waals surface area (Å²) in [5.41, 5.74) is 2.60. The van der Waals surface area contributed by atoms with Crippen molar-refractivity contribution in [1.29, 1.82) is 0 Å². The minimum Gasteiger partial charge on any atom is -0.379 e. The average Bonchev–Trinajstić information content (AvgIpc) is 3.08. The molecule has 6 nitrogen and oxygen atoms in total. The van der Waals surface area contributed by atoms with Gasteiger partial charge in [0.05, 0.1) is 30.0 Å². The quantitative estimate of drug-likeness (QED) is 0.611. The number of nitrogens with zero attached hydrogens (tertiary/aromatic N) is 2. The number of rotatable bonds is 4. The average molecular weight is 410 g/mol. The Morgan fingerprint density at radius 3 is 2.43 bits per heavy atom. The molecule has 154 valence electrons. The number of anilines is 2. The SMILES string of the molecule is CC1(c2ccc(Nc3nc(-c4c(F)cccc4F)nc4c3C(O)NC4)cc2)COC1. The molecule has 0 amide bonds. The van der Waals surface area contributed by atoms with E-state index in [0.717, 1.165) is 5.69 Å². The summed E-state index contributed by atoms with van der Waals surface area (Å²) < 4.78 is 33.9. The van der Waals surface area contributed by atoms with E-state index in [1.54, 1.807) is 0 Å². The van der Waals surface area contributed by atoms with E-state index in [-0.39, 0.29) is 23.3 Å². The van der Waals surface area contributed by atoms with Gasteiger partial charge in [0.2, 0.25) is 0 Å². The van der Waals surface area contributed by atoms with E-state index in [4.69, 9.17) is 4.74 Å². The van der Waals surface area contributed by atoms with Gasteiger partial charge in [-0.05, 0) is 29.8 Å². The highest BCUT2D eigenvalue weighted by Gasteiger charge is 2.35. The number of fused-ring (bicyclic) bond motifs is 1. The highest BCUT2D eigenvalue weighted by molar-refractivity contribution is 5.67. The second-order valence-electron chi connectivity index (χ2n) is 7.89. The Morgan fingerprint density at radius 1 is 1.10 bits per heavy atom. The van der Waals surface area contributed by atoms with Crippen LogP contribution in [0.1, 0.15) is 30.0 Å². The lowest BCUT2D eigenvalue weighted by atomic mass is 9.81. The molecule has 1 saturated heterocycles. The number of aromatic nitrogens is 2. The predicted octanol–water partition coefficient (Wildman–Crippen LogP) is 3.55. The largest absolute Gasteiger partial charge is 0.379 e. The molecule has 2 aromatic carbocycles. The van der Waals surface area contributed by atoms with E-state index in [1.165, 1.54) is 23.8 Å². The van der Waals surface area contributed by atoms with Crippen molar-refractivity contribution in [3.63, 3.8) is 0 Å². The maximum absolute atomic E-state index is 14.3. The van der Waals surface area contributed by atoms with Crippen molar-refractivity contribution >= 4 is 11.5 Å². The number of aliphatic hydroxyl groups is 1. The van der Waals surface area contributed by atoms with Crippen LogP contribution in [0.2, 0.25) is 0 Å². The molecule has 3 heterocycles. The molecule has 1 aromatic heterocycles. The molecule has 5 rings (SSSR count). The van der Waals surface area contributed by atoms with Crippen molar-refractivity contribution in [3.05, 3.63) is 70.9 Å². The lowest BCUT2D eigenvalue weighted by molar-refractivity contribution is -0.0499. The van der Waals surface area contributed by atoms with Crippen LogP contribution < -0.4 is 10.6 Å². The highest BCUT2D eigenvalue weighted by Crippen LogP contribution is 2.35. The van der Waals surface area contributed by atoms with Crippen LogP contribution in [0.4, 0.5) is 20.3 Å². The van der Waals surface area contributed by atoms with E-state index >= 15 is 0 Å². The molecule has 0 spiro atoms. The van der Waals surface area contributed by atoms with E-state index in [0.29, 0.717) is 30.3 Å². The lowest BCUT2D eigenvalue weighted by Gasteiger charge is -2.38.